The molecule has 2 atom stereocenters. The summed E-state index contributed by atoms with van der Waals surface area (Å²) < 4.78 is 63.4. The highest BCUT2D eigenvalue weighted by atomic mass is 32.2. The standard InChI is InChI=1S/C30H39F3N2O4S/c1-3-28-26-14-9-23(29(37)34-27(19-36)21-7-12-25(13-8-21)40(38,39)4-2)17-22(26)15-16-35(28)18-20-5-10-24(11-6-20)30(31,32)33/h7-9,12-14,17,20,24,27-28,36H,3-6,10-11,15-16,18-19H2,1-2H3,(H,34,37)/t20?,24?,27-,28+/m0/s1. The third-order valence-corrected chi connectivity index (χ3v) is 10.3. The minimum absolute atomic E-state index is 0.00947. The number of rotatable bonds is 9. The SMILES string of the molecule is CC[C@@H]1c2ccc(C(=O)N[C@@H](CO)c3ccc(S(=O)(=O)CC)cc3)cc2CCN1CC1CCC(C(F)(F)F)CC1. The number of hydrogen-bond donors (Lipinski definition) is 2. The number of fused-ring (bicyclic) bond motifs is 1. The monoisotopic (exact) mass is 580 g/mol. The van der Waals surface area contributed by atoms with Crippen molar-refractivity contribution in [3.8, 4) is 0 Å². The van der Waals surface area contributed by atoms with E-state index >= 15 is 0 Å². The highest BCUT2D eigenvalue weighted by Gasteiger charge is 2.42. The van der Waals surface area contributed by atoms with Crippen molar-refractivity contribution in [3.63, 3.8) is 0 Å². The molecule has 2 N–H and O–H groups in total. The quantitative estimate of drug-likeness (QED) is 0.402. The Bertz CT molecular complexity index is 1270. The number of aliphatic hydroxyl groups excluding tert-OH is 1. The van der Waals surface area contributed by atoms with Crippen molar-refractivity contribution in [2.75, 3.05) is 25.4 Å². The number of nitrogens with zero attached hydrogens (tertiary/aromatic N) is 1. The van der Waals surface area contributed by atoms with Gasteiger partial charge in [0.25, 0.3) is 5.91 Å². The smallest absolute Gasteiger partial charge is 0.391 e. The molecule has 0 unspecified atom stereocenters. The summed E-state index contributed by atoms with van der Waals surface area (Å²) in [6.45, 7) is 4.93. The highest BCUT2D eigenvalue weighted by Crippen LogP contribution is 2.41. The molecule has 40 heavy (non-hydrogen) atoms. The van der Waals surface area contributed by atoms with Gasteiger partial charge in [0.1, 0.15) is 0 Å². The molecule has 1 fully saturated rings. The third-order valence-electron chi connectivity index (χ3n) is 8.57. The summed E-state index contributed by atoms with van der Waals surface area (Å²) in [7, 11) is -3.34. The van der Waals surface area contributed by atoms with Crippen LogP contribution in [0.2, 0.25) is 0 Å². The summed E-state index contributed by atoms with van der Waals surface area (Å²) in [5.74, 6) is -1.24. The summed E-state index contributed by atoms with van der Waals surface area (Å²) >= 11 is 0. The topological polar surface area (TPSA) is 86.7 Å². The van der Waals surface area contributed by atoms with Crippen LogP contribution < -0.4 is 5.32 Å². The maximum Gasteiger partial charge on any atom is 0.391 e. The molecule has 2 aromatic rings. The number of hydrogen-bond acceptors (Lipinski definition) is 5. The van der Waals surface area contributed by atoms with Gasteiger partial charge in [0, 0.05) is 24.7 Å². The normalized spacial score (nSPS) is 22.9. The maximum absolute atomic E-state index is 13.1. The van der Waals surface area contributed by atoms with E-state index in [1.54, 1.807) is 25.1 Å². The van der Waals surface area contributed by atoms with Gasteiger partial charge in [-0.15, -0.1) is 0 Å². The second-order valence-electron chi connectivity index (χ2n) is 11.0. The Balaban J connectivity index is 1.41. The summed E-state index contributed by atoms with van der Waals surface area (Å²) in [6, 6.07) is 11.3. The molecular formula is C30H39F3N2O4S. The van der Waals surface area contributed by atoms with Crippen LogP contribution in [0.15, 0.2) is 47.4 Å². The van der Waals surface area contributed by atoms with Crippen LogP contribution in [0.4, 0.5) is 13.2 Å². The first kappa shape index (κ1) is 30.5. The van der Waals surface area contributed by atoms with E-state index in [0.717, 1.165) is 37.1 Å². The molecule has 0 radical (unpaired) electrons. The van der Waals surface area contributed by atoms with Gasteiger partial charge in [-0.05, 0) is 85.4 Å². The molecule has 2 aromatic carbocycles. The molecule has 1 saturated carbocycles. The van der Waals surface area contributed by atoms with Gasteiger partial charge in [0.15, 0.2) is 9.84 Å². The lowest BCUT2D eigenvalue weighted by Gasteiger charge is -2.40. The Morgan fingerprint density at radius 2 is 1.75 bits per heavy atom. The molecule has 0 spiro atoms. The fourth-order valence-electron chi connectivity index (χ4n) is 6.16. The molecule has 1 amide bonds. The number of alkyl halides is 3. The first-order valence-corrected chi connectivity index (χ1v) is 15.8. The molecular weight excluding hydrogens is 541 g/mol. The fraction of sp³-hybridized carbons (Fsp3) is 0.567. The molecule has 6 nitrogen and oxygen atoms in total. The Hall–Kier alpha value is -2.43. The van der Waals surface area contributed by atoms with Crippen LogP contribution in [0.5, 0.6) is 0 Å². The van der Waals surface area contributed by atoms with Gasteiger partial charge in [0.05, 0.1) is 29.2 Å². The summed E-state index contributed by atoms with van der Waals surface area (Å²) in [5, 5.41) is 12.8. The third kappa shape index (κ3) is 6.89. The van der Waals surface area contributed by atoms with Gasteiger partial charge < -0.3 is 10.4 Å². The number of halogens is 3. The van der Waals surface area contributed by atoms with Crippen LogP contribution in [-0.4, -0.2) is 56.0 Å². The zero-order valence-corrected chi connectivity index (χ0v) is 23.9. The van der Waals surface area contributed by atoms with E-state index in [2.05, 4.69) is 17.1 Å². The summed E-state index contributed by atoms with van der Waals surface area (Å²) in [5.41, 5.74) is 3.33. The van der Waals surface area contributed by atoms with E-state index < -0.39 is 28.0 Å². The van der Waals surface area contributed by atoms with Crippen LogP contribution >= 0.6 is 0 Å². The van der Waals surface area contributed by atoms with Crippen molar-refractivity contribution in [3.05, 3.63) is 64.7 Å². The number of carbonyl (C=O) groups excluding carboxylic acids is 1. The number of amides is 1. The van der Waals surface area contributed by atoms with Gasteiger partial charge in [-0.3, -0.25) is 9.69 Å². The van der Waals surface area contributed by atoms with E-state index in [-0.39, 0.29) is 48.0 Å². The van der Waals surface area contributed by atoms with Gasteiger partial charge in [-0.25, -0.2) is 8.42 Å². The van der Waals surface area contributed by atoms with E-state index in [9.17, 15) is 31.5 Å². The Kier molecular flexibility index (Phi) is 9.62. The van der Waals surface area contributed by atoms with Crippen LogP contribution in [0.25, 0.3) is 0 Å². The zero-order chi connectivity index (χ0) is 29.1. The average Bonchev–Trinajstić information content (AvgIpc) is 2.95. The number of carbonyl (C=O) groups is 1. The molecule has 0 bridgehead atoms. The number of sulfone groups is 1. The number of benzene rings is 2. The average molecular weight is 581 g/mol. The molecule has 220 valence electrons. The molecule has 0 aromatic heterocycles. The van der Waals surface area contributed by atoms with Crippen molar-refractivity contribution in [1.29, 1.82) is 0 Å². The van der Waals surface area contributed by atoms with Crippen LogP contribution in [-0.2, 0) is 16.3 Å². The molecule has 1 aliphatic heterocycles. The van der Waals surface area contributed by atoms with Crippen LogP contribution in [0, 0.1) is 11.8 Å². The first-order valence-electron chi connectivity index (χ1n) is 14.1. The predicted molar refractivity (Wildman–Crippen MR) is 148 cm³/mol. The lowest BCUT2D eigenvalue weighted by atomic mass is 9.80. The van der Waals surface area contributed by atoms with E-state index in [4.69, 9.17) is 0 Å². The molecule has 1 aliphatic carbocycles. The minimum atomic E-state index is -4.09. The van der Waals surface area contributed by atoms with E-state index in [1.165, 1.54) is 12.1 Å². The van der Waals surface area contributed by atoms with Crippen molar-refractivity contribution < 1.29 is 31.5 Å². The van der Waals surface area contributed by atoms with Crippen LogP contribution in [0.3, 0.4) is 0 Å². The maximum atomic E-state index is 13.1. The minimum Gasteiger partial charge on any atom is -0.394 e. The molecule has 2 aliphatic rings. The van der Waals surface area contributed by atoms with Gasteiger partial charge in [-0.2, -0.15) is 13.2 Å². The first-order chi connectivity index (χ1) is 19.0. The predicted octanol–water partition coefficient (Wildman–Crippen LogP) is 5.62. The fourth-order valence-corrected chi connectivity index (χ4v) is 7.04. The van der Waals surface area contributed by atoms with Crippen molar-refractivity contribution in [2.24, 2.45) is 11.8 Å². The Labute approximate surface area is 234 Å². The summed E-state index contributed by atoms with van der Waals surface area (Å²) in [6.07, 6.45) is -0.840. The summed E-state index contributed by atoms with van der Waals surface area (Å²) in [4.78, 5) is 15.7. The number of nitrogens with one attached hydrogen (secondary N) is 1. The largest absolute Gasteiger partial charge is 0.394 e. The molecule has 4 rings (SSSR count). The van der Waals surface area contributed by atoms with Crippen molar-refractivity contribution >= 4 is 15.7 Å². The Morgan fingerprint density at radius 1 is 1.07 bits per heavy atom. The van der Waals surface area contributed by atoms with Gasteiger partial charge in [0.2, 0.25) is 0 Å². The van der Waals surface area contributed by atoms with E-state index in [1.807, 2.05) is 12.1 Å². The second kappa shape index (κ2) is 12.6. The van der Waals surface area contributed by atoms with Crippen molar-refractivity contribution in [1.82, 2.24) is 10.2 Å². The molecule has 0 saturated heterocycles. The second-order valence-corrected chi connectivity index (χ2v) is 13.3. The lowest BCUT2D eigenvalue weighted by molar-refractivity contribution is -0.184. The molecule has 1 heterocycles. The number of aliphatic hydroxyl groups is 1. The Morgan fingerprint density at radius 3 is 2.33 bits per heavy atom. The molecule has 10 heteroatoms. The highest BCUT2D eigenvalue weighted by molar-refractivity contribution is 7.91. The lowest BCUT2D eigenvalue weighted by Crippen LogP contribution is -2.40. The van der Waals surface area contributed by atoms with Crippen LogP contribution in [0.1, 0.15) is 85.1 Å². The van der Waals surface area contributed by atoms with Gasteiger partial charge in [-0.1, -0.05) is 32.0 Å². The van der Waals surface area contributed by atoms with E-state index in [0.29, 0.717) is 24.0 Å². The van der Waals surface area contributed by atoms with Gasteiger partial charge >= 0.3 is 6.18 Å². The zero-order valence-electron chi connectivity index (χ0n) is 23.1. The van der Waals surface area contributed by atoms with Crippen molar-refractivity contribution in [2.45, 2.75) is 75.5 Å².